The molecule has 116 valence electrons. The third-order valence-corrected chi connectivity index (χ3v) is 3.33. The second-order valence-corrected chi connectivity index (χ2v) is 6.35. The van der Waals surface area contributed by atoms with Crippen LogP contribution in [0, 0.1) is 5.92 Å². The van der Waals surface area contributed by atoms with Crippen molar-refractivity contribution in [2.75, 3.05) is 5.88 Å². The molecule has 0 aromatic rings. The van der Waals surface area contributed by atoms with E-state index in [1.807, 2.05) is 0 Å². The van der Waals surface area contributed by atoms with E-state index in [-0.39, 0.29) is 18.7 Å². The van der Waals surface area contributed by atoms with E-state index in [4.69, 9.17) is 16.3 Å². The molecule has 1 aliphatic carbocycles. The van der Waals surface area contributed by atoms with Gasteiger partial charge in [0.1, 0.15) is 5.60 Å². The Labute approximate surface area is 122 Å². The molecule has 0 aromatic heterocycles. The minimum absolute atomic E-state index is 0.177. The molecule has 0 unspecified atom stereocenters. The van der Waals surface area contributed by atoms with Gasteiger partial charge in [0.15, 0.2) is 5.78 Å². The van der Waals surface area contributed by atoms with Crippen molar-refractivity contribution in [1.29, 1.82) is 0 Å². The summed E-state index contributed by atoms with van der Waals surface area (Å²) >= 11 is 5.48. The zero-order valence-electron chi connectivity index (χ0n) is 11.8. The molecule has 7 heteroatoms. The molecule has 0 radical (unpaired) electrons. The lowest BCUT2D eigenvalue weighted by atomic mass is 9.95. The van der Waals surface area contributed by atoms with Gasteiger partial charge in [-0.25, -0.2) is 13.6 Å². The van der Waals surface area contributed by atoms with Crippen molar-refractivity contribution in [3.05, 3.63) is 0 Å². The number of hydrogen-bond donors (Lipinski definition) is 1. The Bertz CT molecular complexity index is 382. The Morgan fingerprint density at radius 3 is 2.45 bits per heavy atom. The third kappa shape index (κ3) is 5.23. The maximum atomic E-state index is 13.2. The van der Waals surface area contributed by atoms with Crippen molar-refractivity contribution in [2.45, 2.75) is 57.6 Å². The molecule has 1 N–H and O–H groups in total. The van der Waals surface area contributed by atoms with Crippen molar-refractivity contribution in [2.24, 2.45) is 5.92 Å². The van der Waals surface area contributed by atoms with Crippen LogP contribution in [0.4, 0.5) is 13.6 Å². The van der Waals surface area contributed by atoms with Gasteiger partial charge >= 0.3 is 6.09 Å². The largest absolute Gasteiger partial charge is 0.444 e. The van der Waals surface area contributed by atoms with Gasteiger partial charge in [-0.15, -0.1) is 11.6 Å². The number of amides is 1. The number of rotatable bonds is 4. The SMILES string of the molecule is CC(C)(C)OC(=O)N[C@@H](C(=O)CCl)[C@@H]1CCC(F)(F)C1. The van der Waals surface area contributed by atoms with E-state index in [1.54, 1.807) is 20.8 Å². The summed E-state index contributed by atoms with van der Waals surface area (Å²) in [5.41, 5.74) is -0.724. The first-order valence-electron chi connectivity index (χ1n) is 6.50. The highest BCUT2D eigenvalue weighted by Crippen LogP contribution is 2.40. The second kappa shape index (κ2) is 6.24. The monoisotopic (exact) mass is 311 g/mol. The molecule has 1 amide bonds. The second-order valence-electron chi connectivity index (χ2n) is 6.08. The molecular weight excluding hydrogens is 292 g/mol. The lowest BCUT2D eigenvalue weighted by Crippen LogP contribution is -2.48. The zero-order chi connectivity index (χ0) is 15.6. The number of carbonyl (C=O) groups is 2. The van der Waals surface area contributed by atoms with Crippen molar-refractivity contribution in [3.8, 4) is 0 Å². The molecule has 20 heavy (non-hydrogen) atoms. The first-order valence-corrected chi connectivity index (χ1v) is 7.03. The van der Waals surface area contributed by atoms with Gasteiger partial charge in [0.2, 0.25) is 5.92 Å². The molecule has 1 rings (SSSR count). The number of hydrogen-bond acceptors (Lipinski definition) is 3. The van der Waals surface area contributed by atoms with E-state index >= 15 is 0 Å². The summed E-state index contributed by atoms with van der Waals surface area (Å²) in [5.74, 6) is -4.20. The number of carbonyl (C=O) groups excluding carboxylic acids is 2. The minimum Gasteiger partial charge on any atom is -0.444 e. The van der Waals surface area contributed by atoms with E-state index in [0.29, 0.717) is 0 Å². The Kier molecular flexibility index (Phi) is 5.35. The maximum Gasteiger partial charge on any atom is 0.408 e. The lowest BCUT2D eigenvalue weighted by molar-refractivity contribution is -0.120. The highest BCUT2D eigenvalue weighted by molar-refractivity contribution is 6.28. The maximum absolute atomic E-state index is 13.2. The quantitative estimate of drug-likeness (QED) is 0.812. The van der Waals surface area contributed by atoms with Crippen LogP contribution in [0.2, 0.25) is 0 Å². The standard InChI is InChI=1S/C13H20ClF2NO3/c1-12(2,3)20-11(19)17-10(9(18)7-14)8-4-5-13(15,16)6-8/h8,10H,4-7H2,1-3H3,(H,17,19)/t8-,10-/m1/s1. The summed E-state index contributed by atoms with van der Waals surface area (Å²) in [6.07, 6.45) is -1.32. The van der Waals surface area contributed by atoms with Gasteiger partial charge in [-0.2, -0.15) is 0 Å². The summed E-state index contributed by atoms with van der Waals surface area (Å²) in [4.78, 5) is 23.5. The average molecular weight is 312 g/mol. The van der Waals surface area contributed by atoms with Gasteiger partial charge < -0.3 is 10.1 Å². The predicted octanol–water partition coefficient (Wildman–Crippen LogP) is 3.12. The number of ether oxygens (including phenoxy) is 1. The fraction of sp³-hybridized carbons (Fsp3) is 0.846. The summed E-state index contributed by atoms with van der Waals surface area (Å²) in [5, 5.41) is 2.38. The van der Waals surface area contributed by atoms with Crippen LogP contribution in [0.3, 0.4) is 0 Å². The topological polar surface area (TPSA) is 55.4 Å². The van der Waals surface area contributed by atoms with Gasteiger partial charge in [0, 0.05) is 12.8 Å². The van der Waals surface area contributed by atoms with Crippen LogP contribution >= 0.6 is 11.6 Å². The van der Waals surface area contributed by atoms with Crippen LogP contribution in [-0.4, -0.2) is 35.3 Å². The third-order valence-electron chi connectivity index (χ3n) is 3.06. The number of nitrogens with one attached hydrogen (secondary N) is 1. The molecule has 1 saturated carbocycles. The number of alkyl carbamates (subject to hydrolysis) is 1. The molecule has 0 spiro atoms. The van der Waals surface area contributed by atoms with Gasteiger partial charge in [-0.3, -0.25) is 4.79 Å². The van der Waals surface area contributed by atoms with Gasteiger partial charge in [-0.05, 0) is 33.1 Å². The molecule has 0 heterocycles. The van der Waals surface area contributed by atoms with Crippen molar-refractivity contribution in [1.82, 2.24) is 5.32 Å². The number of Topliss-reactive ketones (excluding diaryl/α,β-unsaturated/α-hetero) is 1. The minimum atomic E-state index is -2.79. The Morgan fingerprint density at radius 2 is 2.05 bits per heavy atom. The van der Waals surface area contributed by atoms with Crippen LogP contribution in [0.5, 0.6) is 0 Å². The van der Waals surface area contributed by atoms with Gasteiger partial charge in [0.05, 0.1) is 11.9 Å². The molecule has 2 atom stereocenters. The smallest absolute Gasteiger partial charge is 0.408 e. The van der Waals surface area contributed by atoms with Crippen LogP contribution in [0.25, 0.3) is 0 Å². The Balaban J connectivity index is 2.71. The van der Waals surface area contributed by atoms with Crippen LogP contribution in [0.1, 0.15) is 40.0 Å². The van der Waals surface area contributed by atoms with Crippen molar-refractivity contribution >= 4 is 23.5 Å². The molecule has 0 bridgehead atoms. The molecular formula is C13H20ClF2NO3. The fourth-order valence-electron chi connectivity index (χ4n) is 2.25. The summed E-state index contributed by atoms with van der Waals surface area (Å²) in [6.45, 7) is 5.03. The molecule has 1 aliphatic rings. The Hall–Kier alpha value is -0.910. The number of ketones is 1. The summed E-state index contributed by atoms with van der Waals surface area (Å²) in [7, 11) is 0. The molecule has 0 saturated heterocycles. The van der Waals surface area contributed by atoms with E-state index in [9.17, 15) is 18.4 Å². The predicted molar refractivity (Wildman–Crippen MR) is 71.2 cm³/mol. The highest BCUT2D eigenvalue weighted by Gasteiger charge is 2.45. The fourth-order valence-corrected chi connectivity index (χ4v) is 2.41. The van der Waals surface area contributed by atoms with Crippen molar-refractivity contribution < 1.29 is 23.1 Å². The van der Waals surface area contributed by atoms with Crippen LogP contribution in [-0.2, 0) is 9.53 Å². The summed E-state index contributed by atoms with van der Waals surface area (Å²) < 4.78 is 31.5. The van der Waals surface area contributed by atoms with E-state index in [1.165, 1.54) is 0 Å². The molecule has 0 aromatic carbocycles. The van der Waals surface area contributed by atoms with Crippen molar-refractivity contribution in [3.63, 3.8) is 0 Å². The van der Waals surface area contributed by atoms with E-state index in [2.05, 4.69) is 5.32 Å². The highest BCUT2D eigenvalue weighted by atomic mass is 35.5. The summed E-state index contributed by atoms with van der Waals surface area (Å²) in [6, 6.07) is -1.02. The van der Waals surface area contributed by atoms with E-state index < -0.39 is 41.8 Å². The lowest BCUT2D eigenvalue weighted by Gasteiger charge is -2.26. The molecule has 4 nitrogen and oxygen atoms in total. The first-order chi connectivity index (χ1) is 9.04. The normalized spacial score (nSPS) is 23.2. The zero-order valence-corrected chi connectivity index (χ0v) is 12.6. The number of halogens is 3. The average Bonchev–Trinajstić information content (AvgIpc) is 2.63. The molecule has 1 fully saturated rings. The number of alkyl halides is 3. The van der Waals surface area contributed by atoms with E-state index in [0.717, 1.165) is 0 Å². The van der Waals surface area contributed by atoms with Gasteiger partial charge in [0.25, 0.3) is 0 Å². The first kappa shape index (κ1) is 17.1. The van der Waals surface area contributed by atoms with Crippen LogP contribution in [0.15, 0.2) is 0 Å². The van der Waals surface area contributed by atoms with Crippen LogP contribution < -0.4 is 5.32 Å². The van der Waals surface area contributed by atoms with Gasteiger partial charge in [-0.1, -0.05) is 0 Å². The molecule has 0 aliphatic heterocycles. The Morgan fingerprint density at radius 1 is 1.45 bits per heavy atom.